The summed E-state index contributed by atoms with van der Waals surface area (Å²) in [5.74, 6) is -1.25. The molecule has 1 heterocycles. The van der Waals surface area contributed by atoms with Crippen LogP contribution in [0, 0.1) is 19.7 Å². The number of halogens is 1. The first-order valence-corrected chi connectivity index (χ1v) is 9.72. The third-order valence-electron chi connectivity index (χ3n) is 4.88. The number of benzene rings is 2. The van der Waals surface area contributed by atoms with Crippen LogP contribution in [-0.4, -0.2) is 34.8 Å². The van der Waals surface area contributed by atoms with Gasteiger partial charge < -0.3 is 9.64 Å². The maximum absolute atomic E-state index is 13.1. The van der Waals surface area contributed by atoms with Gasteiger partial charge in [-0.15, -0.1) is 0 Å². The van der Waals surface area contributed by atoms with Crippen LogP contribution in [0.1, 0.15) is 23.9 Å². The Labute approximate surface area is 174 Å². The Bertz CT molecular complexity index is 1030. The molecule has 2 aromatic carbocycles. The zero-order valence-electron chi connectivity index (χ0n) is 17.3. The van der Waals surface area contributed by atoms with Crippen LogP contribution in [0.3, 0.4) is 0 Å². The maximum Gasteiger partial charge on any atom is 0.310 e. The Kier molecular flexibility index (Phi) is 6.61. The number of esters is 1. The van der Waals surface area contributed by atoms with E-state index >= 15 is 0 Å². The van der Waals surface area contributed by atoms with Crippen LogP contribution < -0.4 is 4.90 Å². The van der Waals surface area contributed by atoms with E-state index in [0.717, 1.165) is 22.6 Å². The van der Waals surface area contributed by atoms with E-state index in [1.807, 2.05) is 44.2 Å². The minimum Gasteiger partial charge on any atom is -0.455 e. The highest BCUT2D eigenvalue weighted by Gasteiger charge is 2.19. The van der Waals surface area contributed by atoms with Gasteiger partial charge in [0.05, 0.1) is 17.8 Å². The van der Waals surface area contributed by atoms with Crippen molar-refractivity contribution in [2.75, 3.05) is 18.1 Å². The number of amides is 1. The Morgan fingerprint density at radius 2 is 1.73 bits per heavy atom. The summed E-state index contributed by atoms with van der Waals surface area (Å²) >= 11 is 0. The van der Waals surface area contributed by atoms with Crippen molar-refractivity contribution in [3.05, 3.63) is 77.4 Å². The van der Waals surface area contributed by atoms with Gasteiger partial charge in [0.25, 0.3) is 5.91 Å². The standard InChI is InChI=1S/C23H24FN3O3/c1-4-26(19-12-10-18(24)11-13-19)22(28)15-30-23(29)14-21-16(2)25-27(17(21)3)20-8-6-5-7-9-20/h5-13H,4,14-15H2,1-3H3. The highest BCUT2D eigenvalue weighted by atomic mass is 19.1. The molecule has 0 radical (unpaired) electrons. The second-order valence-corrected chi connectivity index (χ2v) is 6.85. The molecule has 7 heteroatoms. The average Bonchev–Trinajstić information content (AvgIpc) is 3.03. The first-order chi connectivity index (χ1) is 14.4. The highest BCUT2D eigenvalue weighted by Crippen LogP contribution is 2.19. The van der Waals surface area contributed by atoms with Gasteiger partial charge in [-0.25, -0.2) is 9.07 Å². The van der Waals surface area contributed by atoms with Gasteiger partial charge in [-0.3, -0.25) is 9.59 Å². The number of hydrogen-bond acceptors (Lipinski definition) is 4. The fourth-order valence-electron chi connectivity index (χ4n) is 3.29. The molecule has 156 valence electrons. The van der Waals surface area contributed by atoms with Gasteiger partial charge in [-0.05, 0) is 57.2 Å². The molecular formula is C23H24FN3O3. The molecule has 30 heavy (non-hydrogen) atoms. The van der Waals surface area contributed by atoms with Gasteiger partial charge in [0.1, 0.15) is 5.82 Å². The third-order valence-corrected chi connectivity index (χ3v) is 4.88. The Morgan fingerprint density at radius 3 is 2.37 bits per heavy atom. The molecule has 3 rings (SSSR count). The summed E-state index contributed by atoms with van der Waals surface area (Å²) in [4.78, 5) is 26.3. The fourth-order valence-corrected chi connectivity index (χ4v) is 3.29. The molecular weight excluding hydrogens is 385 g/mol. The number of nitrogens with zero attached hydrogens (tertiary/aromatic N) is 3. The van der Waals surface area contributed by atoms with E-state index in [4.69, 9.17) is 4.74 Å². The van der Waals surface area contributed by atoms with Crippen molar-refractivity contribution in [2.24, 2.45) is 0 Å². The number of likely N-dealkylation sites (N-methyl/N-ethyl adjacent to an activating group) is 1. The lowest BCUT2D eigenvalue weighted by Gasteiger charge is -2.20. The number of carbonyl (C=O) groups excluding carboxylic acids is 2. The molecule has 1 aromatic heterocycles. The number of anilines is 1. The number of hydrogen-bond donors (Lipinski definition) is 0. The van der Waals surface area contributed by atoms with E-state index in [0.29, 0.717) is 12.2 Å². The largest absolute Gasteiger partial charge is 0.455 e. The van der Waals surface area contributed by atoms with Gasteiger partial charge in [0.15, 0.2) is 6.61 Å². The van der Waals surface area contributed by atoms with Gasteiger partial charge >= 0.3 is 5.97 Å². The van der Waals surface area contributed by atoms with Crippen LogP contribution >= 0.6 is 0 Å². The SMILES string of the molecule is CCN(C(=O)COC(=O)Cc1c(C)nn(-c2ccccc2)c1C)c1ccc(F)cc1. The van der Waals surface area contributed by atoms with Crippen LogP contribution in [0.5, 0.6) is 0 Å². The summed E-state index contributed by atoms with van der Waals surface area (Å²) in [7, 11) is 0. The minimum atomic E-state index is -0.502. The number of aromatic nitrogens is 2. The zero-order chi connectivity index (χ0) is 21.7. The second kappa shape index (κ2) is 9.35. The van der Waals surface area contributed by atoms with Crippen LogP contribution in [-0.2, 0) is 20.7 Å². The average molecular weight is 409 g/mol. The van der Waals surface area contributed by atoms with E-state index in [-0.39, 0.29) is 24.8 Å². The van der Waals surface area contributed by atoms with Crippen molar-refractivity contribution in [1.29, 1.82) is 0 Å². The lowest BCUT2D eigenvalue weighted by molar-refractivity contribution is -0.147. The molecule has 0 spiro atoms. The Balaban J connectivity index is 1.64. The molecule has 0 saturated heterocycles. The van der Waals surface area contributed by atoms with E-state index in [1.54, 1.807) is 11.6 Å². The number of carbonyl (C=O) groups is 2. The van der Waals surface area contributed by atoms with E-state index in [2.05, 4.69) is 5.10 Å². The summed E-state index contributed by atoms with van der Waals surface area (Å²) in [5.41, 5.74) is 3.83. The molecule has 3 aromatic rings. The van der Waals surface area contributed by atoms with E-state index in [1.165, 1.54) is 29.2 Å². The summed E-state index contributed by atoms with van der Waals surface area (Å²) in [6.45, 7) is 5.54. The van der Waals surface area contributed by atoms with Crippen molar-refractivity contribution >= 4 is 17.6 Å². The van der Waals surface area contributed by atoms with Crippen molar-refractivity contribution in [3.8, 4) is 5.69 Å². The Hall–Kier alpha value is -3.48. The topological polar surface area (TPSA) is 64.4 Å². The zero-order valence-corrected chi connectivity index (χ0v) is 17.3. The summed E-state index contributed by atoms with van der Waals surface area (Å²) < 4.78 is 20.1. The highest BCUT2D eigenvalue weighted by molar-refractivity contribution is 5.95. The molecule has 0 aliphatic heterocycles. The number of aryl methyl sites for hydroxylation is 1. The summed E-state index contributed by atoms with van der Waals surface area (Å²) in [5, 5.41) is 4.52. The molecule has 0 bridgehead atoms. The molecule has 0 saturated carbocycles. The molecule has 0 aliphatic rings. The quantitative estimate of drug-likeness (QED) is 0.558. The number of ether oxygens (including phenoxy) is 1. The number of para-hydroxylation sites is 1. The van der Waals surface area contributed by atoms with Crippen molar-refractivity contribution < 1.29 is 18.7 Å². The molecule has 0 atom stereocenters. The molecule has 0 fully saturated rings. The minimum absolute atomic E-state index is 0.0282. The van der Waals surface area contributed by atoms with Crippen LogP contribution in [0.25, 0.3) is 5.69 Å². The summed E-state index contributed by atoms with van der Waals surface area (Å²) in [6, 6.07) is 15.3. The van der Waals surface area contributed by atoms with Crippen molar-refractivity contribution in [2.45, 2.75) is 27.2 Å². The predicted molar refractivity (Wildman–Crippen MR) is 112 cm³/mol. The first kappa shape index (κ1) is 21.2. The van der Waals surface area contributed by atoms with Gasteiger partial charge in [-0.2, -0.15) is 5.10 Å². The predicted octanol–water partition coefficient (Wildman–Crippen LogP) is 3.77. The normalized spacial score (nSPS) is 10.7. The molecule has 1 amide bonds. The van der Waals surface area contributed by atoms with Crippen molar-refractivity contribution in [3.63, 3.8) is 0 Å². The van der Waals surface area contributed by atoms with E-state index in [9.17, 15) is 14.0 Å². The molecule has 0 N–H and O–H groups in total. The molecule has 0 aliphatic carbocycles. The van der Waals surface area contributed by atoms with Gasteiger partial charge in [-0.1, -0.05) is 18.2 Å². The maximum atomic E-state index is 13.1. The monoisotopic (exact) mass is 409 g/mol. The lowest BCUT2D eigenvalue weighted by Crippen LogP contribution is -2.34. The van der Waals surface area contributed by atoms with Crippen LogP contribution in [0.4, 0.5) is 10.1 Å². The fraction of sp³-hybridized carbons (Fsp3) is 0.261. The number of rotatable bonds is 7. The van der Waals surface area contributed by atoms with Gasteiger partial charge in [0, 0.05) is 23.5 Å². The lowest BCUT2D eigenvalue weighted by atomic mass is 10.1. The smallest absolute Gasteiger partial charge is 0.310 e. The van der Waals surface area contributed by atoms with Gasteiger partial charge in [0.2, 0.25) is 0 Å². The summed E-state index contributed by atoms with van der Waals surface area (Å²) in [6.07, 6.45) is 0.0282. The second-order valence-electron chi connectivity index (χ2n) is 6.85. The Morgan fingerprint density at radius 1 is 1.07 bits per heavy atom. The third kappa shape index (κ3) is 4.74. The molecule has 0 unspecified atom stereocenters. The molecule has 6 nitrogen and oxygen atoms in total. The van der Waals surface area contributed by atoms with Crippen LogP contribution in [0.15, 0.2) is 54.6 Å². The first-order valence-electron chi connectivity index (χ1n) is 9.72. The van der Waals surface area contributed by atoms with E-state index < -0.39 is 5.97 Å². The van der Waals surface area contributed by atoms with Crippen molar-refractivity contribution in [1.82, 2.24) is 9.78 Å². The van der Waals surface area contributed by atoms with Crippen LogP contribution in [0.2, 0.25) is 0 Å².